The third kappa shape index (κ3) is 3.49. The van der Waals surface area contributed by atoms with E-state index in [1.807, 2.05) is 25.1 Å². The number of aryl methyl sites for hydroxylation is 1. The predicted octanol–water partition coefficient (Wildman–Crippen LogP) is 3.11. The van der Waals surface area contributed by atoms with Crippen LogP contribution >= 0.6 is 27.5 Å². The summed E-state index contributed by atoms with van der Waals surface area (Å²) in [6, 6.07) is 5.95. The SMILES string of the molecule is Cc1cc(Br)cc(CC(=O)CCl)c1. The summed E-state index contributed by atoms with van der Waals surface area (Å²) in [5.41, 5.74) is 2.16. The molecule has 70 valence electrons. The summed E-state index contributed by atoms with van der Waals surface area (Å²) >= 11 is 8.80. The molecule has 0 saturated carbocycles. The maximum Gasteiger partial charge on any atom is 0.151 e. The maximum atomic E-state index is 11.1. The molecule has 0 saturated heterocycles. The third-order valence-corrected chi connectivity index (χ3v) is 2.41. The molecule has 13 heavy (non-hydrogen) atoms. The van der Waals surface area contributed by atoms with Crippen LogP contribution in [0.1, 0.15) is 11.1 Å². The van der Waals surface area contributed by atoms with Gasteiger partial charge in [-0.25, -0.2) is 0 Å². The number of hydrogen-bond acceptors (Lipinski definition) is 1. The smallest absolute Gasteiger partial charge is 0.151 e. The highest BCUT2D eigenvalue weighted by atomic mass is 79.9. The van der Waals surface area contributed by atoms with Crippen LogP contribution in [0.4, 0.5) is 0 Å². The van der Waals surface area contributed by atoms with Crippen LogP contribution in [0.2, 0.25) is 0 Å². The molecule has 0 aliphatic heterocycles. The Morgan fingerprint density at radius 3 is 2.69 bits per heavy atom. The summed E-state index contributed by atoms with van der Waals surface area (Å²) in [5.74, 6) is 0.144. The number of Topliss-reactive ketones (excluding diaryl/α,β-unsaturated/α-hetero) is 1. The number of benzene rings is 1. The highest BCUT2D eigenvalue weighted by Crippen LogP contribution is 2.15. The Hall–Kier alpha value is -0.340. The van der Waals surface area contributed by atoms with Gasteiger partial charge in [0.1, 0.15) is 0 Å². The van der Waals surface area contributed by atoms with Gasteiger partial charge in [-0.05, 0) is 30.2 Å². The van der Waals surface area contributed by atoms with Gasteiger partial charge in [0.15, 0.2) is 5.78 Å². The van der Waals surface area contributed by atoms with Crippen LogP contribution in [0, 0.1) is 6.92 Å². The second-order valence-electron chi connectivity index (χ2n) is 2.99. The Balaban J connectivity index is 2.83. The summed E-state index contributed by atoms with van der Waals surface area (Å²) in [5, 5.41) is 0. The predicted molar refractivity (Wildman–Crippen MR) is 58.3 cm³/mol. The van der Waals surface area contributed by atoms with Gasteiger partial charge in [0.05, 0.1) is 5.88 Å². The average molecular weight is 262 g/mol. The van der Waals surface area contributed by atoms with Crippen molar-refractivity contribution < 1.29 is 4.79 Å². The maximum absolute atomic E-state index is 11.1. The molecular formula is C10H10BrClO. The molecule has 0 aromatic heterocycles. The van der Waals surface area contributed by atoms with Crippen LogP contribution in [0.15, 0.2) is 22.7 Å². The van der Waals surface area contributed by atoms with Crippen molar-refractivity contribution in [2.45, 2.75) is 13.3 Å². The molecule has 0 unspecified atom stereocenters. The molecule has 0 atom stereocenters. The molecule has 1 rings (SSSR count). The first-order valence-electron chi connectivity index (χ1n) is 3.95. The monoisotopic (exact) mass is 260 g/mol. The number of carbonyl (C=O) groups is 1. The van der Waals surface area contributed by atoms with E-state index in [9.17, 15) is 4.79 Å². The van der Waals surface area contributed by atoms with Gasteiger partial charge in [-0.2, -0.15) is 0 Å². The molecule has 0 amide bonds. The lowest BCUT2D eigenvalue weighted by atomic mass is 10.1. The Labute approximate surface area is 91.2 Å². The normalized spacial score (nSPS) is 10.1. The van der Waals surface area contributed by atoms with Crippen molar-refractivity contribution in [3.63, 3.8) is 0 Å². The Bertz CT molecular complexity index is 302. The van der Waals surface area contributed by atoms with E-state index in [0.717, 1.165) is 15.6 Å². The van der Waals surface area contributed by atoms with Gasteiger partial charge in [-0.3, -0.25) is 4.79 Å². The second-order valence-corrected chi connectivity index (χ2v) is 4.17. The van der Waals surface area contributed by atoms with Gasteiger partial charge in [-0.15, -0.1) is 11.6 Å². The fraction of sp³-hybridized carbons (Fsp3) is 0.300. The van der Waals surface area contributed by atoms with Crippen LogP contribution < -0.4 is 0 Å². The van der Waals surface area contributed by atoms with E-state index < -0.39 is 0 Å². The van der Waals surface area contributed by atoms with Crippen molar-refractivity contribution in [2.24, 2.45) is 0 Å². The third-order valence-electron chi connectivity index (χ3n) is 1.65. The molecule has 0 spiro atoms. The Kier molecular flexibility index (Phi) is 3.94. The summed E-state index contributed by atoms with van der Waals surface area (Å²) < 4.78 is 1.00. The first kappa shape index (κ1) is 10.7. The lowest BCUT2D eigenvalue weighted by Crippen LogP contribution is -2.03. The van der Waals surface area contributed by atoms with Gasteiger partial charge >= 0.3 is 0 Å². The largest absolute Gasteiger partial charge is 0.298 e. The van der Waals surface area contributed by atoms with E-state index in [1.54, 1.807) is 0 Å². The molecule has 0 fully saturated rings. The van der Waals surface area contributed by atoms with Gasteiger partial charge in [-0.1, -0.05) is 22.0 Å². The van der Waals surface area contributed by atoms with Crippen molar-refractivity contribution in [1.82, 2.24) is 0 Å². The number of alkyl halides is 1. The minimum Gasteiger partial charge on any atom is -0.298 e. The number of rotatable bonds is 3. The van der Waals surface area contributed by atoms with Crippen molar-refractivity contribution in [3.8, 4) is 0 Å². The zero-order chi connectivity index (χ0) is 9.84. The highest BCUT2D eigenvalue weighted by molar-refractivity contribution is 9.10. The van der Waals surface area contributed by atoms with Crippen LogP contribution in [-0.4, -0.2) is 11.7 Å². The van der Waals surface area contributed by atoms with E-state index in [1.165, 1.54) is 0 Å². The minimum absolute atomic E-state index is 0.0548. The summed E-state index contributed by atoms with van der Waals surface area (Å²) in [6.45, 7) is 2.00. The van der Waals surface area contributed by atoms with Gasteiger partial charge < -0.3 is 0 Å². The van der Waals surface area contributed by atoms with Crippen LogP contribution in [-0.2, 0) is 11.2 Å². The minimum atomic E-state index is 0.0548. The van der Waals surface area contributed by atoms with E-state index >= 15 is 0 Å². The first-order valence-corrected chi connectivity index (χ1v) is 5.28. The molecule has 1 nitrogen and oxygen atoms in total. The number of ketones is 1. The van der Waals surface area contributed by atoms with Crippen molar-refractivity contribution >= 4 is 33.3 Å². The summed E-state index contributed by atoms with van der Waals surface area (Å²) in [7, 11) is 0. The van der Waals surface area contributed by atoms with Crippen molar-refractivity contribution in [1.29, 1.82) is 0 Å². The van der Waals surface area contributed by atoms with E-state index in [4.69, 9.17) is 11.6 Å². The molecule has 0 N–H and O–H groups in total. The number of hydrogen-bond donors (Lipinski definition) is 0. The Morgan fingerprint density at radius 1 is 1.46 bits per heavy atom. The van der Waals surface area contributed by atoms with Crippen LogP contribution in [0.3, 0.4) is 0 Å². The quantitative estimate of drug-likeness (QED) is 0.764. The fourth-order valence-electron chi connectivity index (χ4n) is 1.19. The van der Waals surface area contributed by atoms with E-state index in [-0.39, 0.29) is 11.7 Å². The zero-order valence-electron chi connectivity index (χ0n) is 7.31. The number of carbonyl (C=O) groups excluding carboxylic acids is 1. The van der Waals surface area contributed by atoms with Crippen LogP contribution in [0.5, 0.6) is 0 Å². The molecular weight excluding hydrogens is 251 g/mol. The zero-order valence-corrected chi connectivity index (χ0v) is 9.65. The first-order chi connectivity index (χ1) is 6.11. The molecule has 3 heteroatoms. The summed E-state index contributed by atoms with van der Waals surface area (Å²) in [6.07, 6.45) is 0.420. The molecule has 0 aliphatic carbocycles. The average Bonchev–Trinajstić information content (AvgIpc) is 2.02. The molecule has 0 radical (unpaired) electrons. The van der Waals surface area contributed by atoms with E-state index in [0.29, 0.717) is 6.42 Å². The topological polar surface area (TPSA) is 17.1 Å². The highest BCUT2D eigenvalue weighted by Gasteiger charge is 2.02. The number of halogens is 2. The van der Waals surface area contributed by atoms with Crippen molar-refractivity contribution in [2.75, 3.05) is 5.88 Å². The Morgan fingerprint density at radius 2 is 2.15 bits per heavy atom. The van der Waals surface area contributed by atoms with Gasteiger partial charge in [0, 0.05) is 10.9 Å². The second kappa shape index (κ2) is 4.77. The fourth-order valence-corrected chi connectivity index (χ4v) is 1.94. The molecule has 1 aromatic rings. The summed E-state index contributed by atoms with van der Waals surface area (Å²) in [4.78, 5) is 11.1. The van der Waals surface area contributed by atoms with Crippen molar-refractivity contribution in [3.05, 3.63) is 33.8 Å². The lowest BCUT2D eigenvalue weighted by molar-refractivity contribution is -0.116. The molecule has 1 aromatic carbocycles. The molecule has 0 aliphatic rings. The molecule has 0 heterocycles. The lowest BCUT2D eigenvalue weighted by Gasteiger charge is -2.01. The van der Waals surface area contributed by atoms with Gasteiger partial charge in [0.25, 0.3) is 0 Å². The standard InChI is InChI=1S/C10H10BrClO/c1-7-2-8(4-9(11)3-7)5-10(13)6-12/h2-4H,5-6H2,1H3. The molecule has 0 bridgehead atoms. The van der Waals surface area contributed by atoms with Gasteiger partial charge in [0.2, 0.25) is 0 Å². The van der Waals surface area contributed by atoms with Crippen LogP contribution in [0.25, 0.3) is 0 Å². The van der Waals surface area contributed by atoms with E-state index in [2.05, 4.69) is 15.9 Å².